The second-order valence-corrected chi connectivity index (χ2v) is 15.9. The molecule has 4 heterocycles. The van der Waals surface area contributed by atoms with Gasteiger partial charge in [0.15, 0.2) is 26.0 Å². The predicted octanol–water partition coefficient (Wildman–Crippen LogP) is 4.07. The molecule has 6 rings (SSSR count). The van der Waals surface area contributed by atoms with Crippen LogP contribution in [0.15, 0.2) is 63.8 Å². The van der Waals surface area contributed by atoms with Gasteiger partial charge in [-0.25, -0.2) is 32.2 Å². The Morgan fingerprint density at radius 1 is 1.02 bits per heavy atom. The van der Waals surface area contributed by atoms with E-state index in [2.05, 4.69) is 26.2 Å². The van der Waals surface area contributed by atoms with Crippen LogP contribution in [0.2, 0.25) is 5.02 Å². The van der Waals surface area contributed by atoms with Crippen LogP contribution in [0, 0.1) is 18.2 Å². The molecule has 17 nitrogen and oxygen atoms in total. The van der Waals surface area contributed by atoms with Gasteiger partial charge in [-0.1, -0.05) is 30.5 Å². The van der Waals surface area contributed by atoms with Gasteiger partial charge in [-0.2, -0.15) is 18.4 Å². The molecule has 0 bridgehead atoms. The van der Waals surface area contributed by atoms with E-state index in [4.69, 9.17) is 32.2 Å². The number of hydrogen-bond acceptors (Lipinski definition) is 13. The van der Waals surface area contributed by atoms with Crippen molar-refractivity contribution in [3.05, 3.63) is 64.6 Å². The Bertz CT molecular complexity index is 2450. The van der Waals surface area contributed by atoms with Gasteiger partial charge >= 0.3 is 6.03 Å². The summed E-state index contributed by atoms with van der Waals surface area (Å²) in [6.07, 6.45) is 8.79. The monoisotopic (exact) mass is 817 g/mol. The van der Waals surface area contributed by atoms with Gasteiger partial charge in [0.1, 0.15) is 17.2 Å². The second-order valence-electron chi connectivity index (χ2n) is 11.7. The van der Waals surface area contributed by atoms with Crippen molar-refractivity contribution >= 4 is 66.6 Å². The highest BCUT2D eigenvalue weighted by Gasteiger charge is 2.41. The minimum Gasteiger partial charge on any atom is -0.481 e. The molecule has 0 saturated heterocycles. The average molecular weight is 818 g/mol. The summed E-state index contributed by atoms with van der Waals surface area (Å²) >= 11 is 5.97. The van der Waals surface area contributed by atoms with Gasteiger partial charge in [0.05, 0.1) is 36.7 Å². The average Bonchev–Trinajstić information content (AvgIpc) is 3.69. The Morgan fingerprint density at radius 3 is 2.20 bits per heavy atom. The lowest BCUT2D eigenvalue weighted by Gasteiger charge is -2.19. The minimum atomic E-state index is -4.68. The number of ether oxygens (including phenoxy) is 3. The van der Waals surface area contributed by atoms with Crippen LogP contribution < -0.4 is 29.1 Å². The first-order valence-corrected chi connectivity index (χ1v) is 19.8. The molecule has 55 heavy (non-hydrogen) atoms. The number of sulfone groups is 1. The fraction of sp³-hybridized carbons (Fsp3) is 0.294. The number of benzene rings is 1. The van der Waals surface area contributed by atoms with E-state index >= 15 is 0 Å². The molecule has 0 saturated carbocycles. The zero-order valence-electron chi connectivity index (χ0n) is 29.6. The van der Waals surface area contributed by atoms with Gasteiger partial charge < -0.3 is 14.2 Å². The lowest BCUT2D eigenvalue weighted by Crippen LogP contribution is -2.36. The van der Waals surface area contributed by atoms with Gasteiger partial charge in [-0.15, -0.1) is 6.42 Å². The number of rotatable bonds is 10. The molecule has 1 atom stereocenters. The third kappa shape index (κ3) is 8.48. The molecule has 1 aliphatic carbocycles. The number of pyridine rings is 1. The molecule has 0 fully saturated rings. The summed E-state index contributed by atoms with van der Waals surface area (Å²) in [6.45, 7) is 2.98. The molecule has 4 amide bonds. The first-order valence-electron chi connectivity index (χ1n) is 16.3. The number of sulfonamides is 1. The van der Waals surface area contributed by atoms with Crippen LogP contribution in [0.5, 0.6) is 17.5 Å². The Balaban J connectivity index is 0.000000218. The van der Waals surface area contributed by atoms with Crippen molar-refractivity contribution in [1.82, 2.24) is 24.1 Å². The number of methoxy groups -OCH3 is 2. The molecule has 2 N–H and O–H groups in total. The van der Waals surface area contributed by atoms with Gasteiger partial charge in [0.25, 0.3) is 21.8 Å². The summed E-state index contributed by atoms with van der Waals surface area (Å²) in [5, 5.41) is 0.806. The lowest BCUT2D eigenvalue weighted by molar-refractivity contribution is -0.120. The van der Waals surface area contributed by atoms with Crippen LogP contribution in [0.25, 0.3) is 5.65 Å². The van der Waals surface area contributed by atoms with E-state index < -0.39 is 59.7 Å². The predicted molar refractivity (Wildman–Crippen MR) is 196 cm³/mol. The second kappa shape index (κ2) is 16.3. The maximum absolute atomic E-state index is 14.4. The van der Waals surface area contributed by atoms with E-state index in [1.54, 1.807) is 17.7 Å². The number of amides is 4. The summed E-state index contributed by atoms with van der Waals surface area (Å²) in [6, 6.07) is 6.87. The summed E-state index contributed by atoms with van der Waals surface area (Å²) < 4.78 is 83.3. The zero-order valence-corrected chi connectivity index (χ0v) is 32.0. The zero-order chi connectivity index (χ0) is 40.2. The van der Waals surface area contributed by atoms with Crippen LogP contribution >= 0.6 is 11.6 Å². The molecular weight excluding hydrogens is 785 g/mol. The number of hydrogen-bond donors (Lipinski definition) is 2. The number of aromatic nitrogens is 4. The van der Waals surface area contributed by atoms with Gasteiger partial charge in [-0.05, 0) is 50.8 Å². The first kappa shape index (κ1) is 40.4. The molecular formula is C34H33ClFN7O10S2. The highest BCUT2D eigenvalue weighted by molar-refractivity contribution is 7.93. The third-order valence-electron chi connectivity index (χ3n) is 8.11. The molecule has 21 heteroatoms. The van der Waals surface area contributed by atoms with Crippen LogP contribution in [0.4, 0.5) is 20.8 Å². The van der Waals surface area contributed by atoms with Crippen molar-refractivity contribution in [3.8, 4) is 29.9 Å². The molecule has 4 aromatic rings. The third-order valence-corrected chi connectivity index (χ3v) is 11.5. The standard InChI is InChI=1S/C18H15ClFNO3.C16H18N6O7S2/c1-3-10(2)24-16-9-15(14(20)8-13(16)19)21-17(22)11-6-4-5-7-12(11)18(21)23;1-4-30(24,25)13-14(22-8-6-5-7-10(22)17-13)31(26,27)21-16(23)20-15-18-11(28-2)9-12(19-15)29-3/h1,8-10H,4-7H2,2H3;5-9H,4H2,1-3H3,(H2,18,19,20,21,23). The van der Waals surface area contributed by atoms with Crippen LogP contribution in [-0.4, -0.2) is 80.1 Å². The molecule has 2 aliphatic rings. The summed E-state index contributed by atoms with van der Waals surface area (Å²) in [5.41, 5.74) is 0.888. The maximum Gasteiger partial charge on any atom is 0.335 e. The molecule has 1 aliphatic heterocycles. The van der Waals surface area contributed by atoms with E-state index in [1.165, 1.54) is 51.6 Å². The van der Waals surface area contributed by atoms with Crippen LogP contribution in [-0.2, 0) is 29.4 Å². The number of nitrogens with one attached hydrogen (secondary N) is 2. The number of imidazole rings is 1. The fourth-order valence-corrected chi connectivity index (χ4v) is 8.32. The van der Waals surface area contributed by atoms with Crippen molar-refractivity contribution in [1.29, 1.82) is 0 Å². The van der Waals surface area contributed by atoms with E-state index in [9.17, 15) is 35.6 Å². The molecule has 0 spiro atoms. The number of urea groups is 1. The molecule has 1 unspecified atom stereocenters. The SMILES string of the molecule is C#CC(C)Oc1cc(N2C(=O)C3=C(CCCC3)C2=O)c(F)cc1Cl.CCS(=O)(=O)c1nc2ccccn2c1S(=O)(=O)NC(=O)Nc1nc(OC)cc(OC)n1. The number of carbonyl (C=O) groups is 3. The van der Waals surface area contributed by atoms with Crippen molar-refractivity contribution in [2.75, 3.05) is 30.2 Å². The number of anilines is 2. The molecule has 0 radical (unpaired) electrons. The number of halogens is 2. The highest BCUT2D eigenvalue weighted by Crippen LogP contribution is 2.39. The van der Waals surface area contributed by atoms with Gasteiger partial charge in [-0.3, -0.25) is 19.3 Å². The van der Waals surface area contributed by atoms with Crippen molar-refractivity contribution in [2.45, 2.75) is 55.7 Å². The summed E-state index contributed by atoms with van der Waals surface area (Å²) in [5.74, 6) is 0.236. The highest BCUT2D eigenvalue weighted by atomic mass is 35.5. The van der Waals surface area contributed by atoms with Gasteiger partial charge in [0.2, 0.25) is 17.7 Å². The van der Waals surface area contributed by atoms with E-state index in [0.29, 0.717) is 24.0 Å². The topological polar surface area (TPSA) is 218 Å². The Hall–Kier alpha value is -5.78. The fourth-order valence-electron chi connectivity index (χ4n) is 5.46. The number of nitrogens with zero attached hydrogens (tertiary/aromatic N) is 5. The molecule has 1 aromatic carbocycles. The summed E-state index contributed by atoms with van der Waals surface area (Å²) in [4.78, 5) is 50.0. The smallest absolute Gasteiger partial charge is 0.335 e. The van der Waals surface area contributed by atoms with E-state index in [-0.39, 0.29) is 45.6 Å². The molecule has 290 valence electrons. The van der Waals surface area contributed by atoms with Crippen LogP contribution in [0.3, 0.4) is 0 Å². The van der Waals surface area contributed by atoms with Crippen molar-refractivity contribution < 1.29 is 49.8 Å². The quantitative estimate of drug-likeness (QED) is 0.171. The molecule has 3 aromatic heterocycles. The Morgan fingerprint density at radius 2 is 1.64 bits per heavy atom. The minimum absolute atomic E-state index is 0.0233. The number of imide groups is 1. The number of carbonyl (C=O) groups excluding carboxylic acids is 3. The van der Waals surface area contributed by atoms with E-state index in [0.717, 1.165) is 28.2 Å². The van der Waals surface area contributed by atoms with Crippen molar-refractivity contribution in [3.63, 3.8) is 0 Å². The summed E-state index contributed by atoms with van der Waals surface area (Å²) in [7, 11) is -6.04. The van der Waals surface area contributed by atoms with Gasteiger partial charge in [0, 0.05) is 23.4 Å². The number of terminal acetylenes is 1. The Kier molecular flexibility index (Phi) is 12.0. The van der Waals surface area contributed by atoms with Crippen molar-refractivity contribution in [2.24, 2.45) is 0 Å². The number of fused-ring (bicyclic) bond motifs is 1. The van der Waals surface area contributed by atoms with Crippen LogP contribution in [0.1, 0.15) is 39.5 Å². The normalized spacial score (nSPS) is 14.7. The largest absolute Gasteiger partial charge is 0.481 e. The maximum atomic E-state index is 14.4. The van der Waals surface area contributed by atoms with E-state index in [1.807, 2.05) is 0 Å². The lowest BCUT2D eigenvalue weighted by atomic mass is 9.93. The first-order chi connectivity index (χ1) is 26.0. The Labute approximate surface area is 319 Å².